The summed E-state index contributed by atoms with van der Waals surface area (Å²) in [4.78, 5) is 28.0. The van der Waals surface area contributed by atoms with Crippen molar-refractivity contribution in [2.24, 2.45) is 0 Å². The van der Waals surface area contributed by atoms with Gasteiger partial charge in [0.1, 0.15) is 6.04 Å². The monoisotopic (exact) mass is 300 g/mol. The molecule has 0 radical (unpaired) electrons. The van der Waals surface area contributed by atoms with Crippen LogP contribution in [0.5, 0.6) is 0 Å². The molecule has 3 rings (SSSR count). The second kappa shape index (κ2) is 6.60. The Hall–Kier alpha value is -2.37. The molecule has 0 aliphatic carbocycles. The van der Waals surface area contributed by atoms with Crippen LogP contribution in [0.25, 0.3) is 10.9 Å². The first-order valence-corrected chi connectivity index (χ1v) is 7.70. The Morgan fingerprint density at radius 1 is 1.41 bits per heavy atom. The first kappa shape index (κ1) is 14.6. The summed E-state index contributed by atoms with van der Waals surface area (Å²) in [6.45, 7) is 1.28. The van der Waals surface area contributed by atoms with E-state index in [2.05, 4.69) is 15.6 Å². The van der Waals surface area contributed by atoms with E-state index in [4.69, 9.17) is 0 Å². The van der Waals surface area contributed by atoms with Gasteiger partial charge in [0.2, 0.25) is 11.8 Å². The van der Waals surface area contributed by atoms with Crippen molar-refractivity contribution in [3.8, 4) is 0 Å². The molecule has 1 saturated heterocycles. The Labute approximate surface area is 128 Å². The molecule has 2 N–H and O–H groups in total. The third-order valence-corrected chi connectivity index (χ3v) is 4.03. The van der Waals surface area contributed by atoms with Gasteiger partial charge < -0.3 is 15.2 Å². The number of fused-ring (bicyclic) bond motifs is 1. The van der Waals surface area contributed by atoms with Gasteiger partial charge in [0.05, 0.1) is 11.7 Å². The number of carbonyl (C=O) groups is 2. The molecule has 1 fully saturated rings. The van der Waals surface area contributed by atoms with Crippen LogP contribution in [0.2, 0.25) is 0 Å². The molecule has 0 aromatic carbocycles. The topological polar surface area (TPSA) is 76.0 Å². The molecular formula is C16H20N4O2. The maximum Gasteiger partial charge on any atom is 0.242 e. The zero-order chi connectivity index (χ0) is 15.4. The van der Waals surface area contributed by atoms with E-state index in [1.807, 2.05) is 22.9 Å². The highest BCUT2D eigenvalue weighted by molar-refractivity contribution is 5.87. The predicted molar refractivity (Wildman–Crippen MR) is 83.1 cm³/mol. The normalized spacial score (nSPS) is 18.7. The van der Waals surface area contributed by atoms with Gasteiger partial charge in [-0.2, -0.15) is 0 Å². The third kappa shape index (κ3) is 3.27. The molecule has 1 aliphatic rings. The van der Waals surface area contributed by atoms with Crippen molar-refractivity contribution < 1.29 is 9.59 Å². The summed E-state index contributed by atoms with van der Waals surface area (Å²) in [5, 5.41) is 6.78. The van der Waals surface area contributed by atoms with Gasteiger partial charge in [-0.25, -0.2) is 0 Å². The largest absolute Gasteiger partial charge is 0.354 e. The third-order valence-electron chi connectivity index (χ3n) is 4.03. The quantitative estimate of drug-likeness (QED) is 0.891. The molecule has 2 aromatic rings. The van der Waals surface area contributed by atoms with Gasteiger partial charge in [-0.15, -0.1) is 0 Å². The zero-order valence-electron chi connectivity index (χ0n) is 12.4. The highest BCUT2D eigenvalue weighted by atomic mass is 16.2. The average Bonchev–Trinajstić information content (AvgIpc) is 2.84. The summed E-state index contributed by atoms with van der Waals surface area (Å²) < 4.78 is 2.01. The number of nitrogens with one attached hydrogen (secondary N) is 2. The summed E-state index contributed by atoms with van der Waals surface area (Å²) in [6, 6.07) is 3.56. The van der Waals surface area contributed by atoms with Crippen molar-refractivity contribution in [2.45, 2.75) is 38.3 Å². The lowest BCUT2D eigenvalue weighted by Gasteiger charge is -2.15. The fourth-order valence-corrected chi connectivity index (χ4v) is 2.79. The van der Waals surface area contributed by atoms with Gasteiger partial charge in [-0.3, -0.25) is 14.6 Å². The number of aryl methyl sites for hydroxylation is 1. The number of rotatable bonds is 4. The second-order valence-electron chi connectivity index (χ2n) is 5.60. The fraction of sp³-hybridized carbons (Fsp3) is 0.438. The van der Waals surface area contributed by atoms with Crippen LogP contribution in [0.1, 0.15) is 25.7 Å². The van der Waals surface area contributed by atoms with E-state index in [1.54, 1.807) is 12.4 Å². The number of hydrogen-bond donors (Lipinski definition) is 2. The van der Waals surface area contributed by atoms with Gasteiger partial charge >= 0.3 is 0 Å². The molecule has 0 saturated carbocycles. The Bertz CT molecular complexity index is 680. The number of carbonyl (C=O) groups excluding carboxylic acids is 2. The first-order chi connectivity index (χ1) is 10.7. The summed E-state index contributed by atoms with van der Waals surface area (Å²) in [5.41, 5.74) is 1.02. The molecule has 116 valence electrons. The molecule has 3 heterocycles. The summed E-state index contributed by atoms with van der Waals surface area (Å²) in [7, 11) is 0. The van der Waals surface area contributed by atoms with Gasteiger partial charge in [-0.05, 0) is 31.4 Å². The SMILES string of the molecule is O=C(CCn1ccc2ccncc21)N[C@@H]1CCCCNC1=O. The Kier molecular flexibility index (Phi) is 4.37. The average molecular weight is 300 g/mol. The number of hydrogen-bond acceptors (Lipinski definition) is 3. The van der Waals surface area contributed by atoms with Crippen LogP contribution in [0.3, 0.4) is 0 Å². The van der Waals surface area contributed by atoms with Crippen LogP contribution in [0, 0.1) is 0 Å². The molecular weight excluding hydrogens is 280 g/mol. The maximum atomic E-state index is 12.1. The highest BCUT2D eigenvalue weighted by Crippen LogP contribution is 2.14. The van der Waals surface area contributed by atoms with Crippen molar-refractivity contribution in [1.29, 1.82) is 0 Å². The van der Waals surface area contributed by atoms with Crippen molar-refractivity contribution in [3.63, 3.8) is 0 Å². The molecule has 6 heteroatoms. The van der Waals surface area contributed by atoms with E-state index in [0.717, 1.165) is 23.7 Å². The first-order valence-electron chi connectivity index (χ1n) is 7.70. The highest BCUT2D eigenvalue weighted by Gasteiger charge is 2.22. The maximum absolute atomic E-state index is 12.1. The van der Waals surface area contributed by atoms with Crippen LogP contribution in [-0.2, 0) is 16.1 Å². The number of pyridine rings is 1. The Balaban J connectivity index is 1.57. The standard InChI is InChI=1S/C16H20N4O2/c21-15(19-13-3-1-2-7-18-16(13)22)6-10-20-9-5-12-4-8-17-11-14(12)20/h4-5,8-9,11,13H,1-3,6-7,10H2,(H,18,22)(H,19,21)/t13-/m1/s1. The molecule has 0 bridgehead atoms. The van der Waals surface area contributed by atoms with Crippen molar-refractivity contribution in [1.82, 2.24) is 20.2 Å². The van der Waals surface area contributed by atoms with Gasteiger partial charge in [0.15, 0.2) is 0 Å². The lowest BCUT2D eigenvalue weighted by atomic mass is 10.1. The smallest absolute Gasteiger partial charge is 0.242 e. The van der Waals surface area contributed by atoms with Crippen LogP contribution in [0.15, 0.2) is 30.7 Å². The Morgan fingerprint density at radius 3 is 3.23 bits per heavy atom. The minimum atomic E-state index is -0.391. The minimum Gasteiger partial charge on any atom is -0.354 e. The van der Waals surface area contributed by atoms with E-state index < -0.39 is 6.04 Å². The second-order valence-corrected chi connectivity index (χ2v) is 5.60. The molecule has 0 unspecified atom stereocenters. The summed E-state index contributed by atoms with van der Waals surface area (Å²) >= 11 is 0. The summed E-state index contributed by atoms with van der Waals surface area (Å²) in [5.74, 6) is -0.158. The van der Waals surface area contributed by atoms with E-state index >= 15 is 0 Å². The predicted octanol–water partition coefficient (Wildman–Crippen LogP) is 1.21. The fourth-order valence-electron chi connectivity index (χ4n) is 2.79. The van der Waals surface area contributed by atoms with Crippen LogP contribution >= 0.6 is 0 Å². The van der Waals surface area contributed by atoms with Crippen LogP contribution in [0.4, 0.5) is 0 Å². The van der Waals surface area contributed by atoms with Gasteiger partial charge in [-0.1, -0.05) is 0 Å². The number of aromatic nitrogens is 2. The van der Waals surface area contributed by atoms with Crippen molar-refractivity contribution >= 4 is 22.7 Å². The summed E-state index contributed by atoms with van der Waals surface area (Å²) in [6.07, 6.45) is 8.50. The lowest BCUT2D eigenvalue weighted by molar-refractivity contribution is -0.128. The molecule has 1 aliphatic heterocycles. The van der Waals surface area contributed by atoms with E-state index in [1.165, 1.54) is 0 Å². The van der Waals surface area contributed by atoms with Gasteiger partial charge in [0.25, 0.3) is 0 Å². The molecule has 22 heavy (non-hydrogen) atoms. The minimum absolute atomic E-state index is 0.0681. The van der Waals surface area contributed by atoms with Gasteiger partial charge in [0, 0.05) is 37.3 Å². The van der Waals surface area contributed by atoms with Crippen LogP contribution < -0.4 is 10.6 Å². The molecule has 2 amide bonds. The lowest BCUT2D eigenvalue weighted by Crippen LogP contribution is -2.45. The van der Waals surface area contributed by atoms with E-state index in [-0.39, 0.29) is 11.8 Å². The molecule has 6 nitrogen and oxygen atoms in total. The Morgan fingerprint density at radius 2 is 2.32 bits per heavy atom. The van der Waals surface area contributed by atoms with E-state index in [0.29, 0.717) is 25.9 Å². The number of nitrogens with zero attached hydrogens (tertiary/aromatic N) is 2. The molecule has 1 atom stereocenters. The number of amides is 2. The van der Waals surface area contributed by atoms with Crippen molar-refractivity contribution in [2.75, 3.05) is 6.54 Å². The van der Waals surface area contributed by atoms with Crippen LogP contribution in [-0.4, -0.2) is 34.0 Å². The zero-order valence-corrected chi connectivity index (χ0v) is 12.4. The molecule has 2 aromatic heterocycles. The van der Waals surface area contributed by atoms with Crippen molar-refractivity contribution in [3.05, 3.63) is 30.7 Å². The van der Waals surface area contributed by atoms with E-state index in [9.17, 15) is 9.59 Å². The molecule has 0 spiro atoms.